The Bertz CT molecular complexity index is 194. The molecule has 1 saturated heterocycles. The van der Waals surface area contributed by atoms with Gasteiger partial charge in [0.1, 0.15) is 0 Å². The van der Waals surface area contributed by atoms with Crippen molar-refractivity contribution in [1.29, 1.82) is 0 Å². The van der Waals surface area contributed by atoms with E-state index >= 15 is 0 Å². The van der Waals surface area contributed by atoms with Crippen LogP contribution in [0.1, 0.15) is 39.0 Å². The van der Waals surface area contributed by atoms with Crippen LogP contribution in [0.25, 0.3) is 0 Å². The zero-order chi connectivity index (χ0) is 11.2. The summed E-state index contributed by atoms with van der Waals surface area (Å²) >= 11 is 0. The van der Waals surface area contributed by atoms with Crippen LogP contribution in [0.2, 0.25) is 0 Å². The van der Waals surface area contributed by atoms with E-state index in [4.69, 9.17) is 4.74 Å². The quantitative estimate of drug-likeness (QED) is 0.697. The maximum atomic E-state index is 5.65. The lowest BCUT2D eigenvalue weighted by Gasteiger charge is -2.21. The molecule has 94 valence electrons. The normalized spacial score (nSPS) is 27.9. The lowest BCUT2D eigenvalue weighted by molar-refractivity contribution is 0.0675. The molecule has 2 aliphatic rings. The number of hydrogen-bond donors (Lipinski definition) is 1. The fourth-order valence-electron chi connectivity index (χ4n) is 2.34. The molecule has 0 aromatic carbocycles. The fourth-order valence-corrected chi connectivity index (χ4v) is 2.34. The van der Waals surface area contributed by atoms with Gasteiger partial charge in [-0.15, -0.1) is 0 Å². The van der Waals surface area contributed by atoms with Crippen molar-refractivity contribution in [3.8, 4) is 0 Å². The van der Waals surface area contributed by atoms with Crippen LogP contribution in [-0.2, 0) is 4.74 Å². The van der Waals surface area contributed by atoms with E-state index in [-0.39, 0.29) is 0 Å². The van der Waals surface area contributed by atoms with Gasteiger partial charge in [-0.05, 0) is 52.1 Å². The molecule has 3 heteroatoms. The molecular formula is C13H26N2O. The molecule has 1 unspecified atom stereocenters. The number of unbranched alkanes of at least 4 members (excludes halogenated alkanes) is 1. The Hall–Kier alpha value is -0.120. The molecule has 1 saturated carbocycles. The van der Waals surface area contributed by atoms with Crippen molar-refractivity contribution >= 4 is 0 Å². The highest BCUT2D eigenvalue weighted by Crippen LogP contribution is 2.18. The maximum Gasteiger partial charge on any atom is 0.0673 e. The molecule has 1 N–H and O–H groups in total. The molecule has 0 amide bonds. The Morgan fingerprint density at radius 2 is 2.19 bits per heavy atom. The van der Waals surface area contributed by atoms with Gasteiger partial charge in [0.2, 0.25) is 0 Å². The zero-order valence-corrected chi connectivity index (χ0v) is 10.6. The summed E-state index contributed by atoms with van der Waals surface area (Å²) < 4.78 is 5.65. The van der Waals surface area contributed by atoms with Crippen LogP contribution in [0.15, 0.2) is 0 Å². The van der Waals surface area contributed by atoms with E-state index in [9.17, 15) is 0 Å². The van der Waals surface area contributed by atoms with Gasteiger partial charge in [0.05, 0.1) is 6.10 Å². The van der Waals surface area contributed by atoms with Crippen molar-refractivity contribution in [2.75, 3.05) is 32.8 Å². The van der Waals surface area contributed by atoms with E-state index in [1.807, 2.05) is 0 Å². The number of nitrogens with one attached hydrogen (secondary N) is 1. The van der Waals surface area contributed by atoms with Crippen molar-refractivity contribution in [2.45, 2.75) is 51.2 Å². The van der Waals surface area contributed by atoms with Crippen LogP contribution < -0.4 is 5.32 Å². The van der Waals surface area contributed by atoms with Crippen molar-refractivity contribution in [1.82, 2.24) is 10.2 Å². The largest absolute Gasteiger partial charge is 0.377 e. The van der Waals surface area contributed by atoms with Gasteiger partial charge in [-0.2, -0.15) is 0 Å². The summed E-state index contributed by atoms with van der Waals surface area (Å²) in [6.45, 7) is 7.94. The third-order valence-electron chi connectivity index (χ3n) is 3.45. The van der Waals surface area contributed by atoms with E-state index in [2.05, 4.69) is 17.1 Å². The smallest absolute Gasteiger partial charge is 0.0673 e. The molecule has 0 spiro atoms. The van der Waals surface area contributed by atoms with Gasteiger partial charge in [0, 0.05) is 25.7 Å². The van der Waals surface area contributed by atoms with Crippen LogP contribution >= 0.6 is 0 Å². The van der Waals surface area contributed by atoms with Crippen molar-refractivity contribution in [2.24, 2.45) is 0 Å². The summed E-state index contributed by atoms with van der Waals surface area (Å²) in [5.41, 5.74) is 0. The third-order valence-corrected chi connectivity index (χ3v) is 3.45. The second-order valence-electron chi connectivity index (χ2n) is 5.27. The van der Waals surface area contributed by atoms with Crippen LogP contribution in [0.5, 0.6) is 0 Å². The predicted molar refractivity (Wildman–Crippen MR) is 66.7 cm³/mol. The molecule has 0 aromatic heterocycles. The lowest BCUT2D eigenvalue weighted by Crippen LogP contribution is -2.31. The Kier molecular flexibility index (Phi) is 5.07. The monoisotopic (exact) mass is 226 g/mol. The average molecular weight is 226 g/mol. The van der Waals surface area contributed by atoms with E-state index in [1.165, 1.54) is 51.7 Å². The SMILES string of the molecule is CC1CN(CCCCNC2CC2)CCCO1. The van der Waals surface area contributed by atoms with Crippen molar-refractivity contribution in [3.05, 3.63) is 0 Å². The summed E-state index contributed by atoms with van der Waals surface area (Å²) in [4.78, 5) is 2.56. The van der Waals surface area contributed by atoms with E-state index in [0.717, 1.165) is 19.2 Å². The average Bonchev–Trinajstić information content (AvgIpc) is 3.06. The molecule has 3 nitrogen and oxygen atoms in total. The van der Waals surface area contributed by atoms with Crippen LogP contribution in [0.3, 0.4) is 0 Å². The topological polar surface area (TPSA) is 24.5 Å². The Labute approximate surface area is 99.5 Å². The van der Waals surface area contributed by atoms with Gasteiger partial charge >= 0.3 is 0 Å². The Morgan fingerprint density at radius 1 is 1.31 bits per heavy atom. The first kappa shape index (κ1) is 12.3. The minimum atomic E-state index is 0.423. The molecule has 2 rings (SSSR count). The van der Waals surface area contributed by atoms with Gasteiger partial charge in [-0.3, -0.25) is 0 Å². The minimum absolute atomic E-state index is 0.423. The third kappa shape index (κ3) is 4.81. The first-order chi connectivity index (χ1) is 7.84. The molecule has 0 aromatic rings. The standard InChI is InChI=1S/C13H26N2O/c1-12-11-15(9-4-10-16-12)8-3-2-7-14-13-5-6-13/h12-14H,2-11H2,1H3. The van der Waals surface area contributed by atoms with Gasteiger partial charge in [-0.25, -0.2) is 0 Å². The molecule has 1 aliphatic heterocycles. The molecule has 0 bridgehead atoms. The highest BCUT2D eigenvalue weighted by atomic mass is 16.5. The molecule has 0 radical (unpaired) electrons. The van der Waals surface area contributed by atoms with Crippen LogP contribution in [-0.4, -0.2) is 49.8 Å². The molecular weight excluding hydrogens is 200 g/mol. The first-order valence-corrected chi connectivity index (χ1v) is 6.92. The summed E-state index contributed by atoms with van der Waals surface area (Å²) in [5, 5.41) is 3.57. The Morgan fingerprint density at radius 3 is 3.00 bits per heavy atom. The van der Waals surface area contributed by atoms with E-state index in [1.54, 1.807) is 0 Å². The van der Waals surface area contributed by atoms with E-state index in [0.29, 0.717) is 6.10 Å². The lowest BCUT2D eigenvalue weighted by atomic mass is 10.2. The maximum absolute atomic E-state index is 5.65. The first-order valence-electron chi connectivity index (χ1n) is 6.92. The Balaban J connectivity index is 1.49. The molecule has 2 fully saturated rings. The summed E-state index contributed by atoms with van der Waals surface area (Å²) in [6.07, 6.45) is 7.08. The summed E-state index contributed by atoms with van der Waals surface area (Å²) in [6, 6.07) is 0.867. The van der Waals surface area contributed by atoms with Gasteiger partial charge in [0.25, 0.3) is 0 Å². The number of rotatable bonds is 6. The number of ether oxygens (including phenoxy) is 1. The van der Waals surface area contributed by atoms with E-state index < -0.39 is 0 Å². The van der Waals surface area contributed by atoms with Gasteiger partial charge in [-0.1, -0.05) is 0 Å². The predicted octanol–water partition coefficient (Wildman–Crippen LogP) is 1.63. The van der Waals surface area contributed by atoms with Crippen LogP contribution in [0, 0.1) is 0 Å². The highest BCUT2D eigenvalue weighted by Gasteiger charge is 2.19. The second kappa shape index (κ2) is 6.58. The molecule has 1 aliphatic carbocycles. The molecule has 1 heterocycles. The van der Waals surface area contributed by atoms with Crippen LogP contribution in [0.4, 0.5) is 0 Å². The summed E-state index contributed by atoms with van der Waals surface area (Å²) in [7, 11) is 0. The number of hydrogen-bond acceptors (Lipinski definition) is 3. The van der Waals surface area contributed by atoms with Gasteiger partial charge < -0.3 is 15.0 Å². The number of nitrogens with zero attached hydrogens (tertiary/aromatic N) is 1. The second-order valence-corrected chi connectivity index (χ2v) is 5.27. The molecule has 1 atom stereocenters. The minimum Gasteiger partial charge on any atom is -0.377 e. The highest BCUT2D eigenvalue weighted by molar-refractivity contribution is 4.80. The zero-order valence-electron chi connectivity index (χ0n) is 10.6. The fraction of sp³-hybridized carbons (Fsp3) is 1.00. The van der Waals surface area contributed by atoms with Crippen molar-refractivity contribution in [3.63, 3.8) is 0 Å². The summed E-state index contributed by atoms with van der Waals surface area (Å²) in [5.74, 6) is 0. The molecule has 16 heavy (non-hydrogen) atoms. The van der Waals surface area contributed by atoms with Gasteiger partial charge in [0.15, 0.2) is 0 Å². The van der Waals surface area contributed by atoms with Crippen molar-refractivity contribution < 1.29 is 4.74 Å².